The first kappa shape index (κ1) is 14.6. The average molecular weight is 234 g/mol. The number of amides is 1. The Labute approximate surface area is 94.7 Å². The first-order chi connectivity index (χ1) is 6.79. The summed E-state index contributed by atoms with van der Waals surface area (Å²) in [7, 11) is 0.604. The van der Waals surface area contributed by atoms with Gasteiger partial charge in [0.05, 0.1) is 0 Å². The minimum Gasteiger partial charge on any atom is -0.345 e. The first-order valence-electron chi connectivity index (χ1n) is 5.11. The van der Waals surface area contributed by atoms with Gasteiger partial charge in [0.2, 0.25) is 5.91 Å². The molecule has 0 aromatic rings. The molecular weight excluding hydrogens is 212 g/mol. The first-order valence-corrected chi connectivity index (χ1v) is 6.43. The monoisotopic (exact) mass is 234 g/mol. The Morgan fingerprint density at radius 3 is 2.33 bits per heavy atom. The second-order valence-corrected chi connectivity index (χ2v) is 6.76. The van der Waals surface area contributed by atoms with Crippen LogP contribution in [-0.2, 0) is 15.6 Å². The van der Waals surface area contributed by atoms with Gasteiger partial charge in [0.1, 0.15) is 5.75 Å². The van der Waals surface area contributed by atoms with Crippen LogP contribution in [0.4, 0.5) is 0 Å². The van der Waals surface area contributed by atoms with E-state index in [9.17, 15) is 9.00 Å². The van der Waals surface area contributed by atoms with E-state index in [0.29, 0.717) is 13.1 Å². The van der Waals surface area contributed by atoms with Gasteiger partial charge in [-0.05, 0) is 33.7 Å². The molecule has 0 aromatic heterocycles. The Hall–Kier alpha value is -0.420. The normalized spacial score (nSPS) is 13.7. The molecule has 0 bridgehead atoms. The third-order valence-corrected chi connectivity index (χ3v) is 3.94. The minimum atomic E-state index is -1.12. The van der Waals surface area contributed by atoms with E-state index in [-0.39, 0.29) is 16.4 Å². The molecule has 0 aromatic carbocycles. The highest BCUT2D eigenvalue weighted by Gasteiger charge is 2.23. The molecule has 0 rings (SSSR count). The van der Waals surface area contributed by atoms with Crippen LogP contribution in [0.15, 0.2) is 0 Å². The topological polar surface area (TPSA) is 63.4 Å². The van der Waals surface area contributed by atoms with Crippen LogP contribution in [0.5, 0.6) is 0 Å². The molecule has 0 aliphatic carbocycles. The van der Waals surface area contributed by atoms with E-state index in [1.54, 1.807) is 11.9 Å². The van der Waals surface area contributed by atoms with Crippen molar-refractivity contribution < 1.29 is 9.00 Å². The molecule has 0 aliphatic rings. The summed E-state index contributed by atoms with van der Waals surface area (Å²) in [6.45, 7) is 6.82. The van der Waals surface area contributed by atoms with Gasteiger partial charge in [-0.2, -0.15) is 0 Å². The molecule has 1 unspecified atom stereocenters. The van der Waals surface area contributed by atoms with Crippen LogP contribution in [-0.4, -0.2) is 45.7 Å². The summed E-state index contributed by atoms with van der Waals surface area (Å²) in [5.74, 6) is 0.0293. The summed E-state index contributed by atoms with van der Waals surface area (Å²) in [5.41, 5.74) is 5.35. The van der Waals surface area contributed by atoms with Crippen molar-refractivity contribution in [2.45, 2.75) is 31.9 Å². The fourth-order valence-corrected chi connectivity index (χ4v) is 1.77. The molecule has 5 heteroatoms. The molecular formula is C10H22N2O2S. The summed E-state index contributed by atoms with van der Waals surface area (Å²) in [6, 6.07) is 0. The molecule has 0 saturated heterocycles. The van der Waals surface area contributed by atoms with Gasteiger partial charge in [-0.15, -0.1) is 0 Å². The fraction of sp³-hybridized carbons (Fsp3) is 0.900. The van der Waals surface area contributed by atoms with Crippen LogP contribution < -0.4 is 5.73 Å². The fourth-order valence-electron chi connectivity index (χ4n) is 0.892. The van der Waals surface area contributed by atoms with Gasteiger partial charge in [-0.3, -0.25) is 9.00 Å². The maximum Gasteiger partial charge on any atom is 0.234 e. The van der Waals surface area contributed by atoms with Crippen molar-refractivity contribution in [3.05, 3.63) is 0 Å². The molecule has 15 heavy (non-hydrogen) atoms. The van der Waals surface area contributed by atoms with E-state index in [0.717, 1.165) is 6.42 Å². The lowest BCUT2D eigenvalue weighted by molar-refractivity contribution is -0.127. The molecule has 0 saturated carbocycles. The zero-order chi connectivity index (χ0) is 12.1. The zero-order valence-corrected chi connectivity index (χ0v) is 10.9. The molecule has 2 N–H and O–H groups in total. The van der Waals surface area contributed by atoms with Crippen molar-refractivity contribution in [2.75, 3.05) is 25.9 Å². The van der Waals surface area contributed by atoms with Gasteiger partial charge in [0.25, 0.3) is 0 Å². The Balaban J connectivity index is 4.08. The number of nitrogens with two attached hydrogens (primary N) is 1. The average Bonchev–Trinajstić information content (AvgIpc) is 2.12. The molecule has 0 aliphatic heterocycles. The molecule has 4 nitrogen and oxygen atoms in total. The predicted octanol–water partition coefficient (Wildman–Crippen LogP) is 0.341. The minimum absolute atomic E-state index is 0.0725. The van der Waals surface area contributed by atoms with Crippen LogP contribution in [0.25, 0.3) is 0 Å². The van der Waals surface area contributed by atoms with Gasteiger partial charge in [-0.1, -0.05) is 0 Å². The van der Waals surface area contributed by atoms with Crippen LogP contribution in [0.3, 0.4) is 0 Å². The quantitative estimate of drug-likeness (QED) is 0.746. The number of nitrogens with zero attached hydrogens (tertiary/aromatic N) is 1. The number of carbonyl (C=O) groups is 1. The highest BCUT2D eigenvalue weighted by molar-refractivity contribution is 7.87. The standard InChI is InChI=1S/C10H22N2O2S/c1-10(2,3)15(14)8-9(13)12(4)7-5-6-11/h5-8,11H2,1-4H3. The van der Waals surface area contributed by atoms with Gasteiger partial charge < -0.3 is 10.6 Å². The van der Waals surface area contributed by atoms with E-state index in [2.05, 4.69) is 0 Å². The Kier molecular flexibility index (Phi) is 6.05. The second kappa shape index (κ2) is 6.23. The summed E-state index contributed by atoms with van der Waals surface area (Å²) >= 11 is 0. The largest absolute Gasteiger partial charge is 0.345 e. The van der Waals surface area contributed by atoms with Crippen molar-refractivity contribution in [1.29, 1.82) is 0 Å². The lowest BCUT2D eigenvalue weighted by Crippen LogP contribution is -2.36. The molecule has 90 valence electrons. The van der Waals surface area contributed by atoms with E-state index in [1.165, 1.54) is 0 Å². The van der Waals surface area contributed by atoms with Gasteiger partial charge in [0.15, 0.2) is 0 Å². The van der Waals surface area contributed by atoms with Crippen molar-refractivity contribution in [3.8, 4) is 0 Å². The Morgan fingerprint density at radius 1 is 1.40 bits per heavy atom. The van der Waals surface area contributed by atoms with E-state index in [4.69, 9.17) is 5.73 Å². The smallest absolute Gasteiger partial charge is 0.234 e. The van der Waals surface area contributed by atoms with E-state index >= 15 is 0 Å². The Morgan fingerprint density at radius 2 is 1.93 bits per heavy atom. The van der Waals surface area contributed by atoms with Crippen LogP contribution in [0.1, 0.15) is 27.2 Å². The SMILES string of the molecule is CN(CCCN)C(=O)CS(=O)C(C)(C)C. The molecule has 1 amide bonds. The summed E-state index contributed by atoms with van der Waals surface area (Å²) in [4.78, 5) is 13.2. The summed E-state index contributed by atoms with van der Waals surface area (Å²) in [6.07, 6.45) is 0.782. The Bertz CT molecular complexity index is 236. The predicted molar refractivity (Wildman–Crippen MR) is 64.1 cm³/mol. The van der Waals surface area contributed by atoms with Crippen molar-refractivity contribution >= 4 is 16.7 Å². The van der Waals surface area contributed by atoms with Gasteiger partial charge in [-0.25, -0.2) is 0 Å². The molecule has 1 atom stereocenters. The number of rotatable bonds is 5. The van der Waals surface area contributed by atoms with Gasteiger partial charge >= 0.3 is 0 Å². The van der Waals surface area contributed by atoms with E-state index in [1.807, 2.05) is 20.8 Å². The highest BCUT2D eigenvalue weighted by Crippen LogP contribution is 2.11. The van der Waals surface area contributed by atoms with Gasteiger partial charge in [0, 0.05) is 29.1 Å². The highest BCUT2D eigenvalue weighted by atomic mass is 32.2. The van der Waals surface area contributed by atoms with Crippen LogP contribution >= 0.6 is 0 Å². The molecule has 0 radical (unpaired) electrons. The van der Waals surface area contributed by atoms with E-state index < -0.39 is 10.8 Å². The molecule has 0 spiro atoms. The van der Waals surface area contributed by atoms with Crippen molar-refractivity contribution in [3.63, 3.8) is 0 Å². The lowest BCUT2D eigenvalue weighted by atomic mass is 10.3. The second-order valence-electron chi connectivity index (χ2n) is 4.56. The van der Waals surface area contributed by atoms with Crippen molar-refractivity contribution in [2.24, 2.45) is 5.73 Å². The third kappa shape index (κ3) is 5.89. The summed E-state index contributed by atoms with van der Waals surface area (Å²) in [5, 5.41) is 0. The zero-order valence-electron chi connectivity index (χ0n) is 10.1. The summed E-state index contributed by atoms with van der Waals surface area (Å²) < 4.78 is 11.4. The number of hydrogen-bond donors (Lipinski definition) is 1. The third-order valence-electron chi connectivity index (χ3n) is 2.06. The van der Waals surface area contributed by atoms with Crippen molar-refractivity contribution in [1.82, 2.24) is 4.90 Å². The molecule has 0 heterocycles. The number of carbonyl (C=O) groups excluding carboxylic acids is 1. The number of hydrogen-bond acceptors (Lipinski definition) is 3. The maximum atomic E-state index is 11.7. The lowest BCUT2D eigenvalue weighted by Gasteiger charge is -2.21. The maximum absolute atomic E-state index is 11.7. The van der Waals surface area contributed by atoms with Crippen LogP contribution in [0, 0.1) is 0 Å². The van der Waals surface area contributed by atoms with Crippen LogP contribution in [0.2, 0.25) is 0 Å². The molecule has 0 fully saturated rings.